The third-order valence-corrected chi connectivity index (χ3v) is 5.73. The van der Waals surface area contributed by atoms with Gasteiger partial charge in [0.2, 0.25) is 10.0 Å². The van der Waals surface area contributed by atoms with Crippen LogP contribution in [0.2, 0.25) is 0 Å². The predicted octanol–water partition coefficient (Wildman–Crippen LogP) is 1.81. The van der Waals surface area contributed by atoms with Crippen molar-refractivity contribution in [2.45, 2.75) is 24.1 Å². The Bertz CT molecular complexity index is 441. The summed E-state index contributed by atoms with van der Waals surface area (Å²) in [6, 6.07) is 2.76. The SMILES string of the molecule is CC(C)C(CO)NS(=O)(=O)c1ccc(Br)s1. The molecule has 92 valence electrons. The lowest BCUT2D eigenvalue weighted by Crippen LogP contribution is -2.40. The Hall–Kier alpha value is 0.0500. The Balaban J connectivity index is 2.87. The number of hydrogen-bond acceptors (Lipinski definition) is 4. The van der Waals surface area contributed by atoms with E-state index in [1.165, 1.54) is 6.07 Å². The number of hydrogen-bond donors (Lipinski definition) is 2. The minimum atomic E-state index is -3.52. The highest BCUT2D eigenvalue weighted by molar-refractivity contribution is 9.11. The molecule has 0 saturated carbocycles. The summed E-state index contributed by atoms with van der Waals surface area (Å²) in [5, 5.41) is 9.08. The topological polar surface area (TPSA) is 66.4 Å². The average Bonchev–Trinajstić information content (AvgIpc) is 2.61. The van der Waals surface area contributed by atoms with Crippen LogP contribution in [0.4, 0.5) is 0 Å². The van der Waals surface area contributed by atoms with E-state index in [2.05, 4.69) is 20.7 Å². The van der Waals surface area contributed by atoms with Crippen molar-refractivity contribution in [3.8, 4) is 0 Å². The minimum absolute atomic E-state index is 0.0446. The van der Waals surface area contributed by atoms with Gasteiger partial charge >= 0.3 is 0 Å². The number of nitrogens with one attached hydrogen (secondary N) is 1. The van der Waals surface area contributed by atoms with Crippen LogP contribution in [-0.4, -0.2) is 26.2 Å². The second kappa shape index (κ2) is 5.59. The number of aliphatic hydroxyl groups is 1. The fourth-order valence-corrected chi connectivity index (χ4v) is 4.49. The Morgan fingerprint density at radius 2 is 2.12 bits per heavy atom. The monoisotopic (exact) mass is 327 g/mol. The second-order valence-electron chi connectivity index (χ2n) is 3.71. The molecule has 0 aromatic carbocycles. The molecule has 1 aromatic heterocycles. The van der Waals surface area contributed by atoms with E-state index in [9.17, 15) is 8.42 Å². The fourth-order valence-electron chi connectivity index (χ4n) is 1.08. The van der Waals surface area contributed by atoms with Gasteiger partial charge in [0, 0.05) is 6.04 Å². The maximum Gasteiger partial charge on any atom is 0.250 e. The molecule has 7 heteroatoms. The van der Waals surface area contributed by atoms with Crippen LogP contribution in [0.1, 0.15) is 13.8 Å². The summed E-state index contributed by atoms with van der Waals surface area (Å²) in [4.78, 5) is 0. The van der Waals surface area contributed by atoms with Crippen molar-refractivity contribution in [2.75, 3.05) is 6.61 Å². The van der Waals surface area contributed by atoms with Gasteiger partial charge in [-0.25, -0.2) is 13.1 Å². The highest BCUT2D eigenvalue weighted by Crippen LogP contribution is 2.26. The first kappa shape index (κ1) is 14.1. The number of rotatable bonds is 5. The number of aliphatic hydroxyl groups excluding tert-OH is 1. The zero-order chi connectivity index (χ0) is 12.3. The number of sulfonamides is 1. The van der Waals surface area contributed by atoms with E-state index < -0.39 is 16.1 Å². The Morgan fingerprint density at radius 1 is 1.50 bits per heavy atom. The van der Waals surface area contributed by atoms with Gasteiger partial charge in [0.25, 0.3) is 0 Å². The first-order chi connectivity index (χ1) is 7.36. The smallest absolute Gasteiger partial charge is 0.250 e. The normalized spacial score (nSPS) is 14.3. The molecule has 0 aliphatic rings. The van der Waals surface area contributed by atoms with Crippen molar-refractivity contribution < 1.29 is 13.5 Å². The Kier molecular flexibility index (Phi) is 4.93. The lowest BCUT2D eigenvalue weighted by atomic mass is 10.1. The van der Waals surface area contributed by atoms with E-state index in [-0.39, 0.29) is 16.7 Å². The summed E-state index contributed by atoms with van der Waals surface area (Å²) < 4.78 is 27.3. The largest absolute Gasteiger partial charge is 0.395 e. The van der Waals surface area contributed by atoms with E-state index in [0.717, 1.165) is 15.1 Å². The third-order valence-electron chi connectivity index (χ3n) is 2.12. The maximum absolute atomic E-state index is 11.9. The predicted molar refractivity (Wildman–Crippen MR) is 68.1 cm³/mol. The van der Waals surface area contributed by atoms with Crippen molar-refractivity contribution in [1.82, 2.24) is 4.72 Å². The molecule has 0 fully saturated rings. The average molecular weight is 328 g/mol. The summed E-state index contributed by atoms with van der Waals surface area (Å²) in [6.07, 6.45) is 0. The van der Waals surface area contributed by atoms with Crippen LogP contribution in [0.3, 0.4) is 0 Å². The van der Waals surface area contributed by atoms with Crippen LogP contribution in [-0.2, 0) is 10.0 Å². The summed E-state index contributed by atoms with van der Waals surface area (Å²) >= 11 is 4.36. The van der Waals surface area contributed by atoms with Crippen LogP contribution in [0, 0.1) is 5.92 Å². The van der Waals surface area contributed by atoms with E-state index >= 15 is 0 Å². The fraction of sp³-hybridized carbons (Fsp3) is 0.556. The Labute approximate surface area is 108 Å². The highest BCUT2D eigenvalue weighted by atomic mass is 79.9. The minimum Gasteiger partial charge on any atom is -0.395 e. The lowest BCUT2D eigenvalue weighted by Gasteiger charge is -2.19. The van der Waals surface area contributed by atoms with E-state index in [4.69, 9.17) is 5.11 Å². The maximum atomic E-state index is 11.9. The molecule has 1 rings (SSSR count). The van der Waals surface area contributed by atoms with Crippen molar-refractivity contribution in [3.05, 3.63) is 15.9 Å². The lowest BCUT2D eigenvalue weighted by molar-refractivity contribution is 0.228. The van der Waals surface area contributed by atoms with Crippen molar-refractivity contribution in [1.29, 1.82) is 0 Å². The van der Waals surface area contributed by atoms with E-state index in [1.807, 2.05) is 13.8 Å². The molecule has 1 atom stereocenters. The molecule has 16 heavy (non-hydrogen) atoms. The van der Waals surface area contributed by atoms with Gasteiger partial charge in [-0.3, -0.25) is 0 Å². The Morgan fingerprint density at radius 3 is 2.50 bits per heavy atom. The summed E-state index contributed by atoms with van der Waals surface area (Å²) in [6.45, 7) is 3.50. The van der Waals surface area contributed by atoms with Crippen LogP contribution in [0.5, 0.6) is 0 Å². The molecule has 0 aliphatic heterocycles. The van der Waals surface area contributed by atoms with Gasteiger partial charge in [-0.05, 0) is 34.0 Å². The van der Waals surface area contributed by atoms with Gasteiger partial charge in [0.1, 0.15) is 4.21 Å². The second-order valence-corrected chi connectivity index (χ2v) is 8.12. The standard InChI is InChI=1S/C9H14BrNO3S2/c1-6(2)7(5-12)11-16(13,14)9-4-3-8(10)15-9/h3-4,6-7,11-12H,5H2,1-2H3. The van der Waals surface area contributed by atoms with Gasteiger partial charge in [-0.15, -0.1) is 11.3 Å². The van der Waals surface area contributed by atoms with Crippen molar-refractivity contribution >= 4 is 37.3 Å². The molecule has 0 spiro atoms. The molecule has 0 radical (unpaired) electrons. The van der Waals surface area contributed by atoms with Crippen LogP contribution >= 0.6 is 27.3 Å². The van der Waals surface area contributed by atoms with Gasteiger partial charge in [0.15, 0.2) is 0 Å². The van der Waals surface area contributed by atoms with Gasteiger partial charge in [-0.2, -0.15) is 0 Å². The van der Waals surface area contributed by atoms with Gasteiger partial charge in [-0.1, -0.05) is 13.8 Å². The molecule has 1 heterocycles. The van der Waals surface area contributed by atoms with Crippen LogP contribution < -0.4 is 4.72 Å². The molecule has 1 unspecified atom stereocenters. The summed E-state index contributed by atoms with van der Waals surface area (Å²) in [5.74, 6) is 0.0446. The third kappa shape index (κ3) is 3.53. The molecule has 0 amide bonds. The quantitative estimate of drug-likeness (QED) is 0.866. The summed E-state index contributed by atoms with van der Waals surface area (Å²) in [5.41, 5.74) is 0. The molecule has 1 aromatic rings. The molecule has 0 saturated heterocycles. The van der Waals surface area contributed by atoms with Gasteiger partial charge in [0.05, 0.1) is 10.4 Å². The number of halogens is 1. The summed E-state index contributed by atoms with van der Waals surface area (Å²) in [7, 11) is -3.52. The van der Waals surface area contributed by atoms with E-state index in [1.54, 1.807) is 6.07 Å². The zero-order valence-corrected chi connectivity index (χ0v) is 12.2. The van der Waals surface area contributed by atoms with Gasteiger partial charge < -0.3 is 5.11 Å². The molecular formula is C9H14BrNO3S2. The van der Waals surface area contributed by atoms with Crippen LogP contribution in [0.25, 0.3) is 0 Å². The van der Waals surface area contributed by atoms with Crippen LogP contribution in [0.15, 0.2) is 20.1 Å². The molecule has 4 nitrogen and oxygen atoms in total. The highest BCUT2D eigenvalue weighted by Gasteiger charge is 2.23. The van der Waals surface area contributed by atoms with Crippen molar-refractivity contribution in [3.63, 3.8) is 0 Å². The molecule has 0 aliphatic carbocycles. The zero-order valence-electron chi connectivity index (χ0n) is 8.97. The van der Waals surface area contributed by atoms with Crippen molar-refractivity contribution in [2.24, 2.45) is 5.92 Å². The number of thiophene rings is 1. The molecular weight excluding hydrogens is 314 g/mol. The molecule has 2 N–H and O–H groups in total. The molecule has 0 bridgehead atoms. The van der Waals surface area contributed by atoms with E-state index in [0.29, 0.717) is 0 Å². The first-order valence-electron chi connectivity index (χ1n) is 4.75. The first-order valence-corrected chi connectivity index (χ1v) is 7.84.